The van der Waals surface area contributed by atoms with Crippen LogP contribution in [0.3, 0.4) is 0 Å². The molecule has 1 rings (SSSR count). The van der Waals surface area contributed by atoms with Crippen LogP contribution in [0.15, 0.2) is 24.3 Å². The first-order valence-electron chi connectivity index (χ1n) is 4.26. The molecule has 0 bridgehead atoms. The largest absolute Gasteiger partial charge is 0.492 e. The highest BCUT2D eigenvalue weighted by atomic mass is 35.5. The van der Waals surface area contributed by atoms with Crippen molar-refractivity contribution in [2.45, 2.75) is 0 Å². The summed E-state index contributed by atoms with van der Waals surface area (Å²) in [6.45, 7) is 1.06. The summed E-state index contributed by atoms with van der Waals surface area (Å²) < 4.78 is 5.37. The minimum Gasteiger partial charge on any atom is -0.492 e. The highest BCUT2D eigenvalue weighted by Gasteiger charge is 1.95. The molecule has 0 fully saturated rings. The quantitative estimate of drug-likeness (QED) is 0.699. The number of likely N-dealkylation sites (N-methyl/N-ethyl adjacent to an activating group) is 1. The molecule has 1 aromatic carbocycles. The van der Waals surface area contributed by atoms with Crippen molar-refractivity contribution < 1.29 is 9.53 Å². The van der Waals surface area contributed by atoms with E-state index in [4.69, 9.17) is 16.3 Å². The first kappa shape index (κ1) is 10.9. The molecule has 0 spiro atoms. The van der Waals surface area contributed by atoms with Crippen LogP contribution in [-0.2, 0) is 4.79 Å². The van der Waals surface area contributed by atoms with E-state index in [0.717, 1.165) is 12.2 Å². The van der Waals surface area contributed by atoms with Crippen LogP contribution in [0.2, 0.25) is 5.02 Å². The van der Waals surface area contributed by atoms with Crippen molar-refractivity contribution in [1.29, 1.82) is 0 Å². The molecule has 0 heterocycles. The fourth-order valence-corrected chi connectivity index (χ4v) is 1.02. The number of carbonyl (C=O) groups is 1. The highest BCUT2D eigenvalue weighted by molar-refractivity contribution is 6.30. The minimum atomic E-state index is 0.483. The van der Waals surface area contributed by atoms with Gasteiger partial charge in [-0.2, -0.15) is 0 Å². The van der Waals surface area contributed by atoms with Gasteiger partial charge in [-0.1, -0.05) is 11.6 Å². The molecule has 3 nitrogen and oxygen atoms in total. The molecule has 0 aromatic heterocycles. The third-order valence-corrected chi connectivity index (χ3v) is 1.96. The molecular formula is C10H12ClNO2. The molecule has 0 aliphatic rings. The van der Waals surface area contributed by atoms with E-state index in [2.05, 4.69) is 0 Å². The van der Waals surface area contributed by atoms with Gasteiger partial charge >= 0.3 is 0 Å². The Bertz CT molecular complexity index is 287. The molecule has 76 valence electrons. The predicted octanol–water partition coefficient (Wildman–Crippen LogP) is 1.81. The van der Waals surface area contributed by atoms with Gasteiger partial charge in [-0.15, -0.1) is 0 Å². The average Bonchev–Trinajstić information content (AvgIpc) is 2.21. The number of nitrogens with zero attached hydrogens (tertiary/aromatic N) is 1. The Morgan fingerprint density at radius 3 is 2.64 bits per heavy atom. The predicted molar refractivity (Wildman–Crippen MR) is 55.6 cm³/mol. The van der Waals surface area contributed by atoms with Gasteiger partial charge in [0.05, 0.1) is 6.54 Å². The Hall–Kier alpha value is -1.22. The normalized spacial score (nSPS) is 9.57. The van der Waals surface area contributed by atoms with Gasteiger partial charge < -0.3 is 9.64 Å². The lowest BCUT2D eigenvalue weighted by Crippen LogP contribution is -2.22. The number of rotatable bonds is 5. The lowest BCUT2D eigenvalue weighted by Gasteiger charge is -2.11. The molecule has 0 N–H and O–H groups in total. The van der Waals surface area contributed by atoms with E-state index >= 15 is 0 Å². The van der Waals surface area contributed by atoms with Gasteiger partial charge in [-0.25, -0.2) is 0 Å². The summed E-state index contributed by atoms with van der Waals surface area (Å²) >= 11 is 5.71. The molecule has 1 aromatic rings. The van der Waals surface area contributed by atoms with Crippen LogP contribution in [0.25, 0.3) is 0 Å². The zero-order valence-corrected chi connectivity index (χ0v) is 8.70. The van der Waals surface area contributed by atoms with Gasteiger partial charge in [0, 0.05) is 12.1 Å². The van der Waals surface area contributed by atoms with E-state index in [-0.39, 0.29) is 0 Å². The zero-order valence-electron chi connectivity index (χ0n) is 7.94. The van der Waals surface area contributed by atoms with Crippen LogP contribution in [0, 0.1) is 0 Å². The second-order valence-electron chi connectivity index (χ2n) is 2.89. The maximum atomic E-state index is 10.2. The highest BCUT2D eigenvalue weighted by Crippen LogP contribution is 2.15. The number of carbonyl (C=O) groups excluding carboxylic acids is 1. The molecule has 4 heteroatoms. The second kappa shape index (κ2) is 5.50. The van der Waals surface area contributed by atoms with E-state index in [1.807, 2.05) is 0 Å². The summed E-state index contributed by atoms with van der Waals surface area (Å²) in [6, 6.07) is 7.12. The van der Waals surface area contributed by atoms with Crippen LogP contribution >= 0.6 is 11.6 Å². The summed E-state index contributed by atoms with van der Waals surface area (Å²) in [5.74, 6) is 0.758. The average molecular weight is 214 g/mol. The first-order valence-corrected chi connectivity index (χ1v) is 4.64. The Morgan fingerprint density at radius 1 is 1.43 bits per heavy atom. The van der Waals surface area contributed by atoms with Crippen LogP contribution in [0.1, 0.15) is 0 Å². The summed E-state index contributed by atoms with van der Waals surface area (Å²) in [5.41, 5.74) is 0. The molecule has 0 aliphatic carbocycles. The van der Waals surface area contributed by atoms with E-state index in [1.165, 1.54) is 4.90 Å². The van der Waals surface area contributed by atoms with Crippen molar-refractivity contribution in [2.24, 2.45) is 0 Å². The maximum Gasteiger partial charge on any atom is 0.209 e. The number of ether oxygens (including phenoxy) is 1. The van der Waals surface area contributed by atoms with Crippen molar-refractivity contribution in [1.82, 2.24) is 4.90 Å². The van der Waals surface area contributed by atoms with E-state index in [0.29, 0.717) is 18.2 Å². The molecule has 1 amide bonds. The van der Waals surface area contributed by atoms with Crippen molar-refractivity contribution in [3.05, 3.63) is 29.3 Å². The smallest absolute Gasteiger partial charge is 0.209 e. The Balaban J connectivity index is 2.31. The SMILES string of the molecule is CN(C=O)CCOc1ccc(Cl)cc1. The van der Waals surface area contributed by atoms with E-state index in [9.17, 15) is 4.79 Å². The molecule has 0 aliphatic heterocycles. The van der Waals surface area contributed by atoms with Gasteiger partial charge in [0.25, 0.3) is 0 Å². The van der Waals surface area contributed by atoms with Gasteiger partial charge in [0.2, 0.25) is 6.41 Å². The Labute approximate surface area is 88.2 Å². The Morgan fingerprint density at radius 2 is 2.07 bits per heavy atom. The van der Waals surface area contributed by atoms with Gasteiger partial charge in [0.1, 0.15) is 12.4 Å². The van der Waals surface area contributed by atoms with Crippen LogP contribution in [0.4, 0.5) is 0 Å². The molecule has 0 atom stereocenters. The third kappa shape index (κ3) is 3.66. The summed E-state index contributed by atoms with van der Waals surface area (Å²) in [7, 11) is 1.71. The fourth-order valence-electron chi connectivity index (χ4n) is 0.891. The first-order chi connectivity index (χ1) is 6.72. The lowest BCUT2D eigenvalue weighted by atomic mass is 10.3. The maximum absolute atomic E-state index is 10.2. The molecule has 0 unspecified atom stereocenters. The van der Waals surface area contributed by atoms with E-state index < -0.39 is 0 Å². The Kier molecular flexibility index (Phi) is 4.26. The van der Waals surface area contributed by atoms with Crippen molar-refractivity contribution >= 4 is 18.0 Å². The van der Waals surface area contributed by atoms with Crippen molar-refractivity contribution in [3.63, 3.8) is 0 Å². The van der Waals surface area contributed by atoms with Crippen molar-refractivity contribution in [3.8, 4) is 5.75 Å². The summed E-state index contributed by atoms with van der Waals surface area (Å²) in [4.78, 5) is 11.8. The molecule has 0 radical (unpaired) electrons. The van der Waals surface area contributed by atoms with Crippen LogP contribution in [-0.4, -0.2) is 31.5 Å². The standard InChI is InChI=1S/C10H12ClNO2/c1-12(8-13)6-7-14-10-4-2-9(11)3-5-10/h2-5,8H,6-7H2,1H3. The monoisotopic (exact) mass is 213 g/mol. The minimum absolute atomic E-state index is 0.483. The molecule has 14 heavy (non-hydrogen) atoms. The summed E-state index contributed by atoms with van der Waals surface area (Å²) in [5, 5.41) is 0.683. The molecule has 0 saturated carbocycles. The summed E-state index contributed by atoms with van der Waals surface area (Å²) in [6.07, 6.45) is 0.769. The lowest BCUT2D eigenvalue weighted by molar-refractivity contribution is -0.117. The number of benzene rings is 1. The topological polar surface area (TPSA) is 29.5 Å². The molecular weight excluding hydrogens is 202 g/mol. The fraction of sp³-hybridized carbons (Fsp3) is 0.300. The number of hydrogen-bond acceptors (Lipinski definition) is 2. The second-order valence-corrected chi connectivity index (χ2v) is 3.32. The number of halogens is 1. The number of amides is 1. The zero-order chi connectivity index (χ0) is 10.4. The molecule has 0 saturated heterocycles. The van der Waals surface area contributed by atoms with Gasteiger partial charge in [-0.3, -0.25) is 4.79 Å². The van der Waals surface area contributed by atoms with Gasteiger partial charge in [0.15, 0.2) is 0 Å². The van der Waals surface area contributed by atoms with Crippen LogP contribution in [0.5, 0.6) is 5.75 Å². The van der Waals surface area contributed by atoms with E-state index in [1.54, 1.807) is 31.3 Å². The van der Waals surface area contributed by atoms with Crippen molar-refractivity contribution in [2.75, 3.05) is 20.2 Å². The van der Waals surface area contributed by atoms with Gasteiger partial charge in [-0.05, 0) is 24.3 Å². The third-order valence-electron chi connectivity index (χ3n) is 1.71. The van der Waals surface area contributed by atoms with Crippen LogP contribution < -0.4 is 4.74 Å². The number of hydrogen-bond donors (Lipinski definition) is 0.